The lowest BCUT2D eigenvalue weighted by atomic mass is 9.99. The smallest absolute Gasteiger partial charge is 0.176 e. The van der Waals surface area contributed by atoms with E-state index >= 15 is 0 Å². The highest BCUT2D eigenvalue weighted by Gasteiger charge is 2.14. The van der Waals surface area contributed by atoms with Crippen LogP contribution in [0.25, 0.3) is 10.8 Å². The molecular formula is C19H19N2O4+. The number of nitroso groups, excluding NO2 is 1. The number of methoxy groups -OCH3 is 2. The topological polar surface area (TPSA) is 72.0 Å². The zero-order chi connectivity index (χ0) is 18.0. The maximum atomic E-state index is 11.0. The molecule has 0 saturated heterocycles. The van der Waals surface area contributed by atoms with E-state index in [-0.39, 0.29) is 11.4 Å². The molecule has 0 fully saturated rings. The average molecular weight is 339 g/mol. The number of rotatable bonds is 5. The van der Waals surface area contributed by atoms with Crippen LogP contribution < -0.4 is 14.0 Å². The Balaban J connectivity index is 2.11. The number of pyridine rings is 1. The van der Waals surface area contributed by atoms with Gasteiger partial charge in [0, 0.05) is 22.8 Å². The molecule has 0 radical (unpaired) electrons. The summed E-state index contributed by atoms with van der Waals surface area (Å²) in [5.74, 6) is 0.986. The van der Waals surface area contributed by atoms with E-state index in [0.29, 0.717) is 17.9 Å². The Morgan fingerprint density at radius 2 is 1.84 bits per heavy atom. The lowest BCUT2D eigenvalue weighted by Gasteiger charge is -2.10. The first-order valence-corrected chi connectivity index (χ1v) is 7.75. The molecule has 6 heteroatoms. The Bertz CT molecular complexity index is 954. The second kappa shape index (κ2) is 6.76. The van der Waals surface area contributed by atoms with E-state index in [1.807, 2.05) is 36.1 Å². The number of phenolic OH excluding ortho intramolecular Hbond substituents is 1. The summed E-state index contributed by atoms with van der Waals surface area (Å²) in [7, 11) is 4.96. The maximum Gasteiger partial charge on any atom is 0.176 e. The summed E-state index contributed by atoms with van der Waals surface area (Å²) in [6.45, 7) is 0. The van der Waals surface area contributed by atoms with Gasteiger partial charge in [0.2, 0.25) is 0 Å². The van der Waals surface area contributed by atoms with Crippen LogP contribution in [0.4, 0.5) is 5.69 Å². The minimum Gasteiger partial charge on any atom is -0.504 e. The Hall–Kier alpha value is -3.15. The molecule has 0 unspecified atom stereocenters. The van der Waals surface area contributed by atoms with Crippen molar-refractivity contribution in [3.63, 3.8) is 0 Å². The first-order valence-electron chi connectivity index (χ1n) is 7.75. The van der Waals surface area contributed by atoms with Crippen molar-refractivity contribution in [2.45, 2.75) is 6.42 Å². The van der Waals surface area contributed by atoms with E-state index < -0.39 is 0 Å². The molecule has 1 heterocycles. The molecule has 0 saturated carbocycles. The molecule has 0 amide bonds. The second-order valence-corrected chi connectivity index (χ2v) is 5.83. The van der Waals surface area contributed by atoms with Gasteiger partial charge in [-0.3, -0.25) is 0 Å². The molecule has 1 aromatic heterocycles. The first kappa shape index (κ1) is 16.7. The van der Waals surface area contributed by atoms with E-state index in [1.54, 1.807) is 18.2 Å². The quantitative estimate of drug-likeness (QED) is 0.571. The van der Waals surface area contributed by atoms with Gasteiger partial charge in [0.05, 0.1) is 14.2 Å². The molecule has 1 N–H and O–H groups in total. The number of aryl methyl sites for hydroxylation is 1. The molecule has 0 aliphatic carbocycles. The summed E-state index contributed by atoms with van der Waals surface area (Å²) in [6.07, 6.45) is 4.55. The third-order valence-corrected chi connectivity index (χ3v) is 4.14. The molecule has 0 spiro atoms. The van der Waals surface area contributed by atoms with Crippen molar-refractivity contribution < 1.29 is 19.1 Å². The van der Waals surface area contributed by atoms with Gasteiger partial charge in [0.15, 0.2) is 29.6 Å². The number of benzene rings is 2. The number of aromatic nitrogens is 1. The highest BCUT2D eigenvalue weighted by atomic mass is 16.5. The third-order valence-electron chi connectivity index (χ3n) is 4.14. The van der Waals surface area contributed by atoms with E-state index in [9.17, 15) is 10.0 Å². The second-order valence-electron chi connectivity index (χ2n) is 5.83. The van der Waals surface area contributed by atoms with Gasteiger partial charge in [-0.2, -0.15) is 0 Å². The zero-order valence-electron chi connectivity index (χ0n) is 14.3. The molecule has 0 bridgehead atoms. The predicted octanol–water partition coefficient (Wildman–Crippen LogP) is 3.38. The fourth-order valence-electron chi connectivity index (χ4n) is 2.98. The first-order chi connectivity index (χ1) is 12.0. The van der Waals surface area contributed by atoms with Crippen LogP contribution >= 0.6 is 0 Å². The van der Waals surface area contributed by atoms with Gasteiger partial charge < -0.3 is 14.6 Å². The van der Waals surface area contributed by atoms with Gasteiger partial charge in [0.25, 0.3) is 0 Å². The Kier molecular flexibility index (Phi) is 4.52. The molecule has 0 atom stereocenters. The van der Waals surface area contributed by atoms with Crippen molar-refractivity contribution in [2.24, 2.45) is 12.2 Å². The van der Waals surface area contributed by atoms with Crippen molar-refractivity contribution >= 4 is 16.5 Å². The summed E-state index contributed by atoms with van der Waals surface area (Å²) in [4.78, 5) is 11.0. The minimum atomic E-state index is 0.106. The van der Waals surface area contributed by atoms with Crippen LogP contribution in [0.5, 0.6) is 17.2 Å². The summed E-state index contributed by atoms with van der Waals surface area (Å²) in [5, 5.41) is 14.9. The Morgan fingerprint density at radius 3 is 2.48 bits per heavy atom. The van der Waals surface area contributed by atoms with Crippen LogP contribution in [0.2, 0.25) is 0 Å². The van der Waals surface area contributed by atoms with Crippen molar-refractivity contribution in [1.29, 1.82) is 0 Å². The summed E-state index contributed by atoms with van der Waals surface area (Å²) < 4.78 is 12.3. The van der Waals surface area contributed by atoms with Crippen LogP contribution in [0.1, 0.15) is 11.1 Å². The van der Waals surface area contributed by atoms with E-state index in [1.165, 1.54) is 14.2 Å². The number of ether oxygens (including phenoxy) is 2. The van der Waals surface area contributed by atoms with Gasteiger partial charge in [-0.15, -0.1) is 4.91 Å². The standard InChI is InChI=1S/C19H18N2O4/c1-21-10-13(6-12-4-5-18(24-2)17(22)7-12)15-9-19(25-3)16(20-23)8-14(15)11-21/h4-5,7-11H,6H2,1-3H3/p+1. The molecule has 6 nitrogen and oxygen atoms in total. The maximum absolute atomic E-state index is 11.0. The normalized spacial score (nSPS) is 10.7. The van der Waals surface area contributed by atoms with Gasteiger partial charge in [-0.25, -0.2) is 4.57 Å². The van der Waals surface area contributed by atoms with E-state index in [4.69, 9.17) is 9.47 Å². The largest absolute Gasteiger partial charge is 0.504 e. The fourth-order valence-corrected chi connectivity index (χ4v) is 2.98. The van der Waals surface area contributed by atoms with E-state index in [0.717, 1.165) is 21.9 Å². The predicted molar refractivity (Wildman–Crippen MR) is 94.6 cm³/mol. The number of fused-ring (bicyclic) bond motifs is 1. The van der Waals surface area contributed by atoms with Crippen molar-refractivity contribution in [3.8, 4) is 17.2 Å². The number of hydrogen-bond acceptors (Lipinski definition) is 5. The SMILES string of the molecule is COc1ccc(Cc2c[n+](C)cc3cc(N=O)c(OC)cc23)cc1O. The molecular weight excluding hydrogens is 320 g/mol. The van der Waals surface area contributed by atoms with E-state index in [2.05, 4.69) is 5.18 Å². The van der Waals surface area contributed by atoms with Gasteiger partial charge in [-0.05, 0) is 35.0 Å². The summed E-state index contributed by atoms with van der Waals surface area (Å²) in [6, 6.07) is 8.89. The monoisotopic (exact) mass is 339 g/mol. The van der Waals surface area contributed by atoms with Crippen LogP contribution in [-0.2, 0) is 13.5 Å². The van der Waals surface area contributed by atoms with Gasteiger partial charge >= 0.3 is 0 Å². The number of aromatic hydroxyl groups is 1. The van der Waals surface area contributed by atoms with Crippen LogP contribution in [-0.4, -0.2) is 19.3 Å². The fraction of sp³-hybridized carbons (Fsp3) is 0.211. The molecule has 3 rings (SSSR count). The number of nitrogens with zero attached hydrogens (tertiary/aromatic N) is 2. The molecule has 3 aromatic rings. The zero-order valence-corrected chi connectivity index (χ0v) is 14.3. The lowest BCUT2D eigenvalue weighted by Crippen LogP contribution is -2.27. The molecule has 0 aliphatic heterocycles. The van der Waals surface area contributed by atoms with Gasteiger partial charge in [-0.1, -0.05) is 6.07 Å². The van der Waals surface area contributed by atoms with Gasteiger partial charge in [0.1, 0.15) is 12.8 Å². The lowest BCUT2D eigenvalue weighted by molar-refractivity contribution is -0.670. The molecule has 25 heavy (non-hydrogen) atoms. The van der Waals surface area contributed by atoms with Crippen LogP contribution in [0, 0.1) is 4.91 Å². The van der Waals surface area contributed by atoms with Crippen molar-refractivity contribution in [1.82, 2.24) is 0 Å². The number of hydrogen-bond donors (Lipinski definition) is 1. The van der Waals surface area contributed by atoms with Crippen LogP contribution in [0.15, 0.2) is 47.9 Å². The summed E-state index contributed by atoms with van der Waals surface area (Å²) >= 11 is 0. The highest BCUT2D eigenvalue weighted by molar-refractivity contribution is 5.89. The Labute approximate surface area is 145 Å². The van der Waals surface area contributed by atoms with Crippen molar-refractivity contribution in [3.05, 3.63) is 58.8 Å². The Morgan fingerprint density at radius 1 is 1.08 bits per heavy atom. The average Bonchev–Trinajstić information content (AvgIpc) is 2.60. The highest BCUT2D eigenvalue weighted by Crippen LogP contribution is 2.34. The van der Waals surface area contributed by atoms with Crippen LogP contribution in [0.3, 0.4) is 0 Å². The van der Waals surface area contributed by atoms with Crippen molar-refractivity contribution in [2.75, 3.05) is 14.2 Å². The molecule has 2 aromatic carbocycles. The molecule has 0 aliphatic rings. The third kappa shape index (κ3) is 3.24. The minimum absolute atomic E-state index is 0.106. The molecule has 128 valence electrons. The number of phenols is 1. The summed E-state index contributed by atoms with van der Waals surface area (Å²) in [5.41, 5.74) is 2.26.